The van der Waals surface area contributed by atoms with Crippen molar-refractivity contribution in [3.63, 3.8) is 0 Å². The average molecular weight is 439 g/mol. The molecule has 5 nitrogen and oxygen atoms in total. The summed E-state index contributed by atoms with van der Waals surface area (Å²) in [5.41, 5.74) is 9.29. The van der Waals surface area contributed by atoms with Crippen molar-refractivity contribution in [2.45, 2.75) is 33.6 Å². The fraction of sp³-hybridized carbons (Fsp3) is 0.214. The minimum atomic E-state index is -0.515. The van der Waals surface area contributed by atoms with Gasteiger partial charge in [0, 0.05) is 39.5 Å². The molecule has 166 valence electrons. The summed E-state index contributed by atoms with van der Waals surface area (Å²) < 4.78 is 7.35. The van der Waals surface area contributed by atoms with Gasteiger partial charge in [0.05, 0.1) is 24.3 Å². The van der Waals surface area contributed by atoms with Crippen LogP contribution < -0.4 is 5.32 Å². The van der Waals surface area contributed by atoms with Crippen molar-refractivity contribution in [3.8, 4) is 5.69 Å². The molecule has 3 aromatic rings. The molecule has 1 N–H and O–H groups in total. The molecule has 0 saturated heterocycles. The van der Waals surface area contributed by atoms with Gasteiger partial charge in [0.1, 0.15) is 0 Å². The van der Waals surface area contributed by atoms with Crippen LogP contribution in [0.3, 0.4) is 0 Å². The van der Waals surface area contributed by atoms with Gasteiger partial charge in [0.15, 0.2) is 5.78 Å². The van der Waals surface area contributed by atoms with Crippen LogP contribution in [0.25, 0.3) is 11.4 Å². The van der Waals surface area contributed by atoms with E-state index < -0.39 is 11.9 Å². The molecule has 1 aliphatic carbocycles. The Morgan fingerprint density at radius 3 is 2.39 bits per heavy atom. The normalized spacial score (nSPS) is 17.1. The molecule has 0 bridgehead atoms. The third-order valence-corrected chi connectivity index (χ3v) is 6.70. The molecular weight excluding hydrogens is 412 g/mol. The molecule has 5 heteroatoms. The van der Waals surface area contributed by atoms with Crippen LogP contribution in [0, 0.1) is 20.8 Å². The Labute approximate surface area is 193 Å². The van der Waals surface area contributed by atoms with Crippen molar-refractivity contribution >= 4 is 17.4 Å². The predicted octanol–water partition coefficient (Wildman–Crippen LogP) is 5.14. The zero-order valence-corrected chi connectivity index (χ0v) is 19.4. The molecule has 1 atom stereocenters. The van der Waals surface area contributed by atoms with E-state index >= 15 is 0 Å². The third kappa shape index (κ3) is 3.07. The number of nitrogens with one attached hydrogen (secondary N) is 1. The maximum absolute atomic E-state index is 13.6. The summed E-state index contributed by atoms with van der Waals surface area (Å²) >= 11 is 0. The zero-order valence-electron chi connectivity index (χ0n) is 19.4. The van der Waals surface area contributed by atoms with Crippen molar-refractivity contribution in [1.29, 1.82) is 0 Å². The van der Waals surface area contributed by atoms with Crippen LogP contribution in [0.15, 0.2) is 71.4 Å². The van der Waals surface area contributed by atoms with Crippen molar-refractivity contribution in [2.24, 2.45) is 0 Å². The molecule has 1 aliphatic heterocycles. The standard InChI is InChI=1S/C28H26N2O3/c1-15-9-8-10-19(13-15)30-16(2)14-22(18(30)4)24-23(28(32)33-5)17(3)29-26-20-11-6-7-12-21(20)27(31)25(24)26/h6-14,24,29H,1-5H3/t24-/m1/s1. The number of aryl methyl sites for hydroxylation is 2. The van der Waals surface area contributed by atoms with E-state index in [0.29, 0.717) is 22.4 Å². The molecule has 0 fully saturated rings. The Balaban J connectivity index is 1.76. The first-order chi connectivity index (χ1) is 15.8. The number of allylic oxidation sites excluding steroid dienone is 2. The van der Waals surface area contributed by atoms with Crippen LogP contribution in [0.5, 0.6) is 0 Å². The number of fused-ring (bicyclic) bond motifs is 2. The van der Waals surface area contributed by atoms with Gasteiger partial charge in [-0.2, -0.15) is 0 Å². The second-order valence-electron chi connectivity index (χ2n) is 8.75. The number of nitrogens with zero attached hydrogens (tertiary/aromatic N) is 1. The first-order valence-corrected chi connectivity index (χ1v) is 11.0. The molecule has 2 aliphatic rings. The molecule has 0 radical (unpaired) electrons. The molecule has 0 spiro atoms. The Bertz CT molecular complexity index is 1400. The SMILES string of the molecule is COC(=O)C1=C(C)NC2=C(C(=O)c3ccccc32)[C@@H]1c1cc(C)n(-c2cccc(C)c2)c1C. The Morgan fingerprint density at radius 2 is 1.70 bits per heavy atom. The second-order valence-corrected chi connectivity index (χ2v) is 8.75. The summed E-state index contributed by atoms with van der Waals surface area (Å²) in [4.78, 5) is 26.6. The first-order valence-electron chi connectivity index (χ1n) is 11.0. The van der Waals surface area contributed by atoms with Crippen LogP contribution in [-0.2, 0) is 9.53 Å². The van der Waals surface area contributed by atoms with Crippen LogP contribution in [0.4, 0.5) is 0 Å². The van der Waals surface area contributed by atoms with Crippen molar-refractivity contribution in [2.75, 3.05) is 7.11 Å². The lowest BCUT2D eigenvalue weighted by Gasteiger charge is -2.29. The number of hydrogen-bond acceptors (Lipinski definition) is 4. The van der Waals surface area contributed by atoms with Gasteiger partial charge in [-0.1, -0.05) is 36.4 Å². The van der Waals surface area contributed by atoms with E-state index in [-0.39, 0.29) is 5.78 Å². The molecule has 0 amide bonds. The van der Waals surface area contributed by atoms with Gasteiger partial charge < -0.3 is 14.6 Å². The number of hydrogen-bond donors (Lipinski definition) is 1. The fourth-order valence-electron chi connectivity index (χ4n) is 5.26. The van der Waals surface area contributed by atoms with Gasteiger partial charge in [-0.15, -0.1) is 0 Å². The Kier molecular flexibility index (Phi) is 4.85. The van der Waals surface area contributed by atoms with Gasteiger partial charge in [0.25, 0.3) is 0 Å². The van der Waals surface area contributed by atoms with E-state index in [9.17, 15) is 9.59 Å². The van der Waals surface area contributed by atoms with E-state index in [0.717, 1.165) is 33.9 Å². The molecule has 5 rings (SSSR count). The van der Waals surface area contributed by atoms with Crippen molar-refractivity contribution in [3.05, 3.63) is 105 Å². The second kappa shape index (κ2) is 7.62. The largest absolute Gasteiger partial charge is 0.466 e. The summed E-state index contributed by atoms with van der Waals surface area (Å²) in [6, 6.07) is 18.0. The van der Waals surface area contributed by atoms with Crippen LogP contribution >= 0.6 is 0 Å². The summed E-state index contributed by atoms with van der Waals surface area (Å²) in [7, 11) is 1.38. The number of carbonyl (C=O) groups excluding carboxylic acids is 2. The van der Waals surface area contributed by atoms with Gasteiger partial charge in [-0.3, -0.25) is 4.79 Å². The number of carbonyl (C=O) groups is 2. The summed E-state index contributed by atoms with van der Waals surface area (Å²) in [6.07, 6.45) is 0. The maximum Gasteiger partial charge on any atom is 0.336 e. The average Bonchev–Trinajstić information content (AvgIpc) is 3.25. The van der Waals surface area contributed by atoms with Crippen LogP contribution in [0.1, 0.15) is 51.3 Å². The van der Waals surface area contributed by atoms with Gasteiger partial charge in [-0.05, 0) is 57.0 Å². The molecule has 2 aromatic carbocycles. The lowest BCUT2D eigenvalue weighted by molar-refractivity contribution is -0.136. The first kappa shape index (κ1) is 21.0. The number of ether oxygens (including phenoxy) is 1. The van der Waals surface area contributed by atoms with E-state index in [1.807, 2.05) is 44.2 Å². The van der Waals surface area contributed by atoms with Crippen molar-refractivity contribution in [1.82, 2.24) is 9.88 Å². The highest BCUT2D eigenvalue weighted by atomic mass is 16.5. The van der Waals surface area contributed by atoms with E-state index in [2.05, 4.69) is 48.0 Å². The zero-order chi connectivity index (χ0) is 23.4. The van der Waals surface area contributed by atoms with Gasteiger partial charge in [-0.25, -0.2) is 4.79 Å². The Morgan fingerprint density at radius 1 is 0.970 bits per heavy atom. The summed E-state index contributed by atoms with van der Waals surface area (Å²) in [5.74, 6) is -0.994. The topological polar surface area (TPSA) is 60.3 Å². The maximum atomic E-state index is 13.6. The van der Waals surface area contributed by atoms with Crippen molar-refractivity contribution < 1.29 is 14.3 Å². The number of esters is 1. The molecule has 1 aromatic heterocycles. The number of ketones is 1. The molecule has 33 heavy (non-hydrogen) atoms. The fourth-order valence-corrected chi connectivity index (χ4v) is 5.26. The highest BCUT2D eigenvalue weighted by Crippen LogP contribution is 2.48. The lowest BCUT2D eigenvalue weighted by Crippen LogP contribution is -2.29. The predicted molar refractivity (Wildman–Crippen MR) is 128 cm³/mol. The van der Waals surface area contributed by atoms with Crippen LogP contribution in [0.2, 0.25) is 0 Å². The number of benzene rings is 2. The minimum Gasteiger partial charge on any atom is -0.466 e. The van der Waals surface area contributed by atoms with E-state index in [1.54, 1.807) is 0 Å². The van der Waals surface area contributed by atoms with Gasteiger partial charge in [0.2, 0.25) is 0 Å². The monoisotopic (exact) mass is 438 g/mol. The number of aromatic nitrogens is 1. The quantitative estimate of drug-likeness (QED) is 0.575. The number of methoxy groups -OCH3 is 1. The van der Waals surface area contributed by atoms with E-state index in [4.69, 9.17) is 4.74 Å². The molecule has 0 saturated carbocycles. The minimum absolute atomic E-state index is 0.0487. The molecule has 0 unspecified atom stereocenters. The van der Waals surface area contributed by atoms with Crippen LogP contribution in [-0.4, -0.2) is 23.4 Å². The highest BCUT2D eigenvalue weighted by Gasteiger charge is 2.43. The summed E-state index contributed by atoms with van der Waals surface area (Å²) in [5, 5.41) is 3.34. The van der Waals surface area contributed by atoms with Gasteiger partial charge >= 0.3 is 5.97 Å². The smallest absolute Gasteiger partial charge is 0.336 e. The van der Waals surface area contributed by atoms with E-state index in [1.165, 1.54) is 12.7 Å². The summed E-state index contributed by atoms with van der Waals surface area (Å²) in [6.45, 7) is 8.03. The Hall–Kier alpha value is -3.86. The molecule has 2 heterocycles. The number of Topliss-reactive ketones (excluding diaryl/α,β-unsaturated/α-hetero) is 1. The highest BCUT2D eigenvalue weighted by molar-refractivity contribution is 6.23. The third-order valence-electron chi connectivity index (χ3n) is 6.70. The molecular formula is C28H26N2O3. The lowest BCUT2D eigenvalue weighted by atomic mass is 9.79. The number of rotatable bonds is 3. The number of dihydropyridines is 1.